The van der Waals surface area contributed by atoms with Gasteiger partial charge < -0.3 is 14.2 Å². The van der Waals surface area contributed by atoms with Crippen molar-refractivity contribution >= 4 is 17.9 Å². The van der Waals surface area contributed by atoms with Crippen LogP contribution >= 0.6 is 0 Å². The van der Waals surface area contributed by atoms with Crippen molar-refractivity contribution in [1.82, 2.24) is 0 Å². The molecule has 1 aliphatic rings. The zero-order valence-electron chi connectivity index (χ0n) is 14.6. The molecule has 0 unspecified atom stereocenters. The normalized spacial score (nSPS) is 16.7. The van der Waals surface area contributed by atoms with Crippen LogP contribution < -0.4 is 0 Å². The Morgan fingerprint density at radius 3 is 2.04 bits per heavy atom. The highest BCUT2D eigenvalue weighted by Gasteiger charge is 2.36. The molecule has 0 N–H and O–H groups in total. The maximum Gasteiger partial charge on any atom is 0.344 e. The average molecular weight is 328 g/mol. The molecule has 0 radical (unpaired) electrons. The van der Waals surface area contributed by atoms with Crippen molar-refractivity contribution in [1.29, 1.82) is 0 Å². The summed E-state index contributed by atoms with van der Waals surface area (Å²) in [5, 5.41) is 0. The second-order valence-corrected chi connectivity index (χ2v) is 6.69. The van der Waals surface area contributed by atoms with E-state index in [1.807, 2.05) is 13.8 Å². The third-order valence-corrected chi connectivity index (χ3v) is 4.60. The lowest BCUT2D eigenvalue weighted by Crippen LogP contribution is -2.34. The molecule has 0 amide bonds. The van der Waals surface area contributed by atoms with Gasteiger partial charge in [0.25, 0.3) is 0 Å². The Morgan fingerprint density at radius 2 is 1.52 bits per heavy atom. The summed E-state index contributed by atoms with van der Waals surface area (Å²) in [6.07, 6.45) is 5.16. The van der Waals surface area contributed by atoms with Crippen molar-refractivity contribution < 1.29 is 28.6 Å². The summed E-state index contributed by atoms with van der Waals surface area (Å²) in [4.78, 5) is 35.1. The van der Waals surface area contributed by atoms with Gasteiger partial charge in [-0.1, -0.05) is 13.8 Å². The fraction of sp³-hybridized carbons (Fsp3) is 0.824. The maximum absolute atomic E-state index is 11.8. The molecular formula is C17H28O6. The third kappa shape index (κ3) is 5.84. The third-order valence-electron chi connectivity index (χ3n) is 4.60. The Labute approximate surface area is 137 Å². The van der Waals surface area contributed by atoms with Gasteiger partial charge in [-0.2, -0.15) is 0 Å². The summed E-state index contributed by atoms with van der Waals surface area (Å²) in [5.74, 6) is -1.77. The van der Waals surface area contributed by atoms with Crippen LogP contribution in [-0.2, 0) is 28.6 Å². The number of esters is 3. The molecule has 0 bridgehead atoms. The van der Waals surface area contributed by atoms with Crippen LogP contribution in [0.15, 0.2) is 0 Å². The summed E-state index contributed by atoms with van der Waals surface area (Å²) < 4.78 is 15.2. The fourth-order valence-corrected chi connectivity index (χ4v) is 2.46. The average Bonchev–Trinajstić information content (AvgIpc) is 2.99. The molecule has 1 saturated carbocycles. The molecular weight excluding hydrogens is 300 g/mol. The molecule has 0 aliphatic heterocycles. The van der Waals surface area contributed by atoms with Crippen LogP contribution in [0.3, 0.4) is 0 Å². The molecule has 0 heterocycles. The van der Waals surface area contributed by atoms with Gasteiger partial charge in [0, 0.05) is 0 Å². The van der Waals surface area contributed by atoms with Crippen molar-refractivity contribution in [2.45, 2.75) is 71.8 Å². The molecule has 6 nitrogen and oxygen atoms in total. The molecule has 1 aliphatic carbocycles. The first-order chi connectivity index (χ1) is 10.7. The van der Waals surface area contributed by atoms with Gasteiger partial charge in [-0.15, -0.1) is 0 Å². The second kappa shape index (κ2) is 8.31. The molecule has 0 aromatic carbocycles. The summed E-state index contributed by atoms with van der Waals surface area (Å²) in [6, 6.07) is 0. The van der Waals surface area contributed by atoms with E-state index >= 15 is 0 Å². The largest absolute Gasteiger partial charge is 0.457 e. The molecule has 0 atom stereocenters. The molecule has 132 valence electrons. The Kier molecular flexibility index (Phi) is 7.03. The molecule has 23 heavy (non-hydrogen) atoms. The van der Waals surface area contributed by atoms with Crippen LogP contribution in [0.1, 0.15) is 66.2 Å². The van der Waals surface area contributed by atoms with Gasteiger partial charge >= 0.3 is 17.9 Å². The van der Waals surface area contributed by atoms with E-state index in [-0.39, 0.29) is 0 Å². The predicted octanol–water partition coefficient (Wildman–Crippen LogP) is 2.78. The Bertz CT molecular complexity index is 434. The second-order valence-electron chi connectivity index (χ2n) is 6.69. The number of carbonyl (C=O) groups excluding carboxylic acids is 3. The molecule has 0 aromatic heterocycles. The van der Waals surface area contributed by atoms with Crippen LogP contribution in [0, 0.1) is 5.41 Å². The van der Waals surface area contributed by atoms with Gasteiger partial charge in [0.2, 0.25) is 0 Å². The number of ether oxygens (including phenoxy) is 3. The van der Waals surface area contributed by atoms with Crippen LogP contribution in [-0.4, -0.2) is 36.7 Å². The van der Waals surface area contributed by atoms with E-state index < -0.39 is 42.1 Å². The zero-order valence-corrected chi connectivity index (χ0v) is 14.6. The molecule has 0 aromatic rings. The minimum absolute atomic E-state index is 0.402. The van der Waals surface area contributed by atoms with E-state index in [1.165, 1.54) is 0 Å². The predicted molar refractivity (Wildman–Crippen MR) is 83.6 cm³/mol. The van der Waals surface area contributed by atoms with E-state index in [2.05, 4.69) is 0 Å². The van der Waals surface area contributed by atoms with Gasteiger partial charge in [0.15, 0.2) is 13.2 Å². The summed E-state index contributed by atoms with van der Waals surface area (Å²) in [6.45, 7) is 6.39. The van der Waals surface area contributed by atoms with E-state index in [1.54, 1.807) is 13.8 Å². The van der Waals surface area contributed by atoms with Gasteiger partial charge in [-0.05, 0) is 52.4 Å². The van der Waals surface area contributed by atoms with Crippen molar-refractivity contribution in [3.05, 3.63) is 0 Å². The van der Waals surface area contributed by atoms with E-state index in [0.29, 0.717) is 6.42 Å². The first-order valence-corrected chi connectivity index (χ1v) is 8.29. The van der Waals surface area contributed by atoms with Crippen LogP contribution in [0.2, 0.25) is 0 Å². The summed E-state index contributed by atoms with van der Waals surface area (Å²) in [7, 11) is 0. The molecule has 0 spiro atoms. The highest BCUT2D eigenvalue weighted by Crippen LogP contribution is 2.35. The highest BCUT2D eigenvalue weighted by molar-refractivity contribution is 5.81. The molecule has 1 fully saturated rings. The topological polar surface area (TPSA) is 78.9 Å². The first kappa shape index (κ1) is 19.5. The lowest BCUT2D eigenvalue weighted by molar-refractivity contribution is -0.174. The lowest BCUT2D eigenvalue weighted by Gasteiger charge is -2.27. The fourth-order valence-electron chi connectivity index (χ4n) is 2.46. The zero-order chi connectivity index (χ0) is 17.5. The Balaban J connectivity index is 2.30. The molecule has 1 rings (SSSR count). The van der Waals surface area contributed by atoms with Gasteiger partial charge in [-0.3, -0.25) is 4.79 Å². The Hall–Kier alpha value is -1.59. The van der Waals surface area contributed by atoms with Crippen molar-refractivity contribution in [3.8, 4) is 0 Å². The van der Waals surface area contributed by atoms with Crippen molar-refractivity contribution in [2.24, 2.45) is 5.41 Å². The monoisotopic (exact) mass is 328 g/mol. The molecule has 6 heteroatoms. The highest BCUT2D eigenvalue weighted by atomic mass is 16.6. The van der Waals surface area contributed by atoms with Gasteiger partial charge in [-0.25, -0.2) is 9.59 Å². The minimum atomic E-state index is -0.751. The smallest absolute Gasteiger partial charge is 0.344 e. The number of hydrogen-bond donors (Lipinski definition) is 0. The van der Waals surface area contributed by atoms with Crippen LogP contribution in [0.4, 0.5) is 0 Å². The van der Waals surface area contributed by atoms with Crippen molar-refractivity contribution in [2.75, 3.05) is 13.2 Å². The van der Waals surface area contributed by atoms with Gasteiger partial charge in [0.05, 0.1) is 5.41 Å². The summed E-state index contributed by atoms with van der Waals surface area (Å²) >= 11 is 0. The number of carbonyl (C=O) groups is 3. The lowest BCUT2D eigenvalue weighted by atomic mass is 9.91. The minimum Gasteiger partial charge on any atom is -0.457 e. The standard InChI is InChI=1S/C17H28O6/c1-5-16(3,4)15(20)22-11-13(18)21-12-14(19)23-17(6-2)9-7-8-10-17/h5-12H2,1-4H3. The first-order valence-electron chi connectivity index (χ1n) is 8.29. The van der Waals surface area contributed by atoms with E-state index in [9.17, 15) is 14.4 Å². The van der Waals surface area contributed by atoms with E-state index in [0.717, 1.165) is 32.1 Å². The van der Waals surface area contributed by atoms with Gasteiger partial charge in [0.1, 0.15) is 5.60 Å². The summed E-state index contributed by atoms with van der Waals surface area (Å²) in [5.41, 5.74) is -1.05. The van der Waals surface area contributed by atoms with Crippen molar-refractivity contribution in [3.63, 3.8) is 0 Å². The molecule has 0 saturated heterocycles. The van der Waals surface area contributed by atoms with Crippen LogP contribution in [0.25, 0.3) is 0 Å². The van der Waals surface area contributed by atoms with E-state index in [4.69, 9.17) is 14.2 Å². The maximum atomic E-state index is 11.8. The quantitative estimate of drug-likeness (QED) is 0.503. The number of hydrogen-bond acceptors (Lipinski definition) is 6. The number of rotatable bonds is 8. The SMILES string of the molecule is CCC1(OC(=O)COC(=O)COC(=O)C(C)(C)CC)CCCC1. The van der Waals surface area contributed by atoms with Crippen LogP contribution in [0.5, 0.6) is 0 Å². The Morgan fingerprint density at radius 1 is 0.957 bits per heavy atom.